The summed E-state index contributed by atoms with van der Waals surface area (Å²) in [5.41, 5.74) is 0.224. The minimum Gasteiger partial charge on any atom is -0.481 e. The molecular weight excluding hydrogens is 248 g/mol. The molecule has 0 aromatic heterocycles. The van der Waals surface area contributed by atoms with E-state index in [-0.39, 0.29) is 5.92 Å². The van der Waals surface area contributed by atoms with E-state index in [1.165, 1.54) is 12.8 Å². The lowest BCUT2D eigenvalue weighted by Gasteiger charge is -2.37. The normalized spacial score (nSPS) is 15.6. The van der Waals surface area contributed by atoms with Crippen molar-refractivity contribution in [2.45, 2.75) is 64.7 Å². The largest absolute Gasteiger partial charge is 0.481 e. The zero-order valence-electron chi connectivity index (χ0n) is 13.1. The zero-order valence-corrected chi connectivity index (χ0v) is 13.1. The minimum absolute atomic E-state index is 0.207. The van der Waals surface area contributed by atoms with Gasteiger partial charge in [0.25, 0.3) is 0 Å². The van der Waals surface area contributed by atoms with E-state index in [9.17, 15) is 9.90 Å². The highest BCUT2D eigenvalue weighted by atomic mass is 16.4. The van der Waals surface area contributed by atoms with Crippen LogP contribution < -0.4 is 0 Å². The first-order chi connectivity index (χ1) is 9.63. The summed E-state index contributed by atoms with van der Waals surface area (Å²) >= 11 is 0. The summed E-state index contributed by atoms with van der Waals surface area (Å²) in [6, 6.07) is 9.78. The maximum absolute atomic E-state index is 12.1. The highest BCUT2D eigenvalue weighted by Crippen LogP contribution is 2.40. The predicted octanol–water partition coefficient (Wildman–Crippen LogP) is 5.03. The van der Waals surface area contributed by atoms with E-state index in [4.69, 9.17) is 0 Å². The maximum Gasteiger partial charge on any atom is 0.314 e. The highest BCUT2D eigenvalue weighted by Gasteiger charge is 2.44. The monoisotopic (exact) mass is 276 g/mol. The first-order valence-electron chi connectivity index (χ1n) is 7.92. The van der Waals surface area contributed by atoms with E-state index in [1.807, 2.05) is 37.3 Å². The van der Waals surface area contributed by atoms with Crippen LogP contribution in [0.1, 0.15) is 64.9 Å². The fraction of sp³-hybridized carbons (Fsp3) is 0.611. The number of unbranched alkanes of at least 4 members (excludes halogenated alkanes) is 2. The molecule has 0 bridgehead atoms. The van der Waals surface area contributed by atoms with Gasteiger partial charge < -0.3 is 5.11 Å². The quantitative estimate of drug-likeness (QED) is 0.643. The third-order valence-corrected chi connectivity index (χ3v) is 4.57. The second kappa shape index (κ2) is 8.08. The van der Waals surface area contributed by atoms with Crippen LogP contribution in [-0.2, 0) is 10.2 Å². The molecule has 0 saturated heterocycles. The second-order valence-corrected chi connectivity index (χ2v) is 5.60. The van der Waals surface area contributed by atoms with Crippen LogP contribution in [0.15, 0.2) is 30.3 Å². The number of carbonyl (C=O) groups is 1. The average molecular weight is 276 g/mol. The number of aliphatic carboxylic acids is 1. The Morgan fingerprint density at radius 1 is 1.15 bits per heavy atom. The van der Waals surface area contributed by atoms with Crippen molar-refractivity contribution in [1.29, 1.82) is 0 Å². The average Bonchev–Trinajstić information content (AvgIpc) is 2.47. The van der Waals surface area contributed by atoms with Gasteiger partial charge in [0.1, 0.15) is 0 Å². The fourth-order valence-electron chi connectivity index (χ4n) is 3.35. The van der Waals surface area contributed by atoms with Gasteiger partial charge in [-0.25, -0.2) is 0 Å². The van der Waals surface area contributed by atoms with Gasteiger partial charge in [-0.3, -0.25) is 4.79 Å². The van der Waals surface area contributed by atoms with Crippen molar-refractivity contribution >= 4 is 5.97 Å². The van der Waals surface area contributed by atoms with Gasteiger partial charge in [0.15, 0.2) is 0 Å². The Hall–Kier alpha value is -1.31. The van der Waals surface area contributed by atoms with E-state index >= 15 is 0 Å². The summed E-state index contributed by atoms with van der Waals surface area (Å²) in [5, 5.41) is 9.94. The Morgan fingerprint density at radius 2 is 1.80 bits per heavy atom. The molecule has 1 aromatic rings. The van der Waals surface area contributed by atoms with E-state index in [0.29, 0.717) is 6.42 Å². The molecule has 0 radical (unpaired) electrons. The van der Waals surface area contributed by atoms with E-state index in [2.05, 4.69) is 13.8 Å². The van der Waals surface area contributed by atoms with Gasteiger partial charge in [-0.15, -0.1) is 0 Å². The van der Waals surface area contributed by atoms with Crippen LogP contribution in [0, 0.1) is 5.92 Å². The SMILES string of the molecule is CCCCCC(CC)C(CC)(C(=O)O)c1ccccc1. The van der Waals surface area contributed by atoms with Crippen LogP contribution in [0.25, 0.3) is 0 Å². The number of hydrogen-bond acceptors (Lipinski definition) is 1. The van der Waals surface area contributed by atoms with Gasteiger partial charge in [0, 0.05) is 0 Å². The number of hydrogen-bond donors (Lipinski definition) is 1. The van der Waals surface area contributed by atoms with Crippen LogP contribution in [0.2, 0.25) is 0 Å². The molecule has 1 aromatic carbocycles. The Labute approximate surface area is 123 Å². The minimum atomic E-state index is -0.732. The molecule has 0 heterocycles. The van der Waals surface area contributed by atoms with E-state index < -0.39 is 11.4 Å². The smallest absolute Gasteiger partial charge is 0.314 e. The second-order valence-electron chi connectivity index (χ2n) is 5.60. The summed E-state index contributed by atoms with van der Waals surface area (Å²) in [7, 11) is 0. The fourth-order valence-corrected chi connectivity index (χ4v) is 3.35. The first kappa shape index (κ1) is 16.7. The predicted molar refractivity (Wildman–Crippen MR) is 84.0 cm³/mol. The molecule has 2 nitrogen and oxygen atoms in total. The van der Waals surface area contributed by atoms with Crippen molar-refractivity contribution in [2.24, 2.45) is 5.92 Å². The van der Waals surface area contributed by atoms with Gasteiger partial charge in [-0.05, 0) is 24.3 Å². The van der Waals surface area contributed by atoms with Gasteiger partial charge in [0.05, 0.1) is 5.41 Å². The summed E-state index contributed by atoms with van der Waals surface area (Å²) in [4.78, 5) is 12.1. The summed E-state index contributed by atoms with van der Waals surface area (Å²) in [6.07, 6.45) is 6.05. The van der Waals surface area contributed by atoms with Crippen LogP contribution in [0.3, 0.4) is 0 Å². The lowest BCUT2D eigenvalue weighted by Crippen LogP contribution is -2.42. The number of benzene rings is 1. The van der Waals surface area contributed by atoms with Gasteiger partial charge in [0.2, 0.25) is 0 Å². The molecule has 112 valence electrons. The van der Waals surface area contributed by atoms with E-state index in [1.54, 1.807) is 0 Å². The molecule has 2 heteroatoms. The first-order valence-corrected chi connectivity index (χ1v) is 7.92. The number of carboxylic acids is 1. The van der Waals surface area contributed by atoms with Crippen LogP contribution >= 0.6 is 0 Å². The van der Waals surface area contributed by atoms with E-state index in [0.717, 1.165) is 24.8 Å². The molecule has 0 aliphatic rings. The van der Waals surface area contributed by atoms with Gasteiger partial charge >= 0.3 is 5.97 Å². The molecule has 0 amide bonds. The molecule has 0 fully saturated rings. The van der Waals surface area contributed by atoms with Crippen molar-refractivity contribution in [1.82, 2.24) is 0 Å². The molecule has 2 unspecified atom stereocenters. The van der Waals surface area contributed by atoms with Crippen LogP contribution in [-0.4, -0.2) is 11.1 Å². The van der Waals surface area contributed by atoms with Crippen LogP contribution in [0.4, 0.5) is 0 Å². The third-order valence-electron chi connectivity index (χ3n) is 4.57. The summed E-state index contributed by atoms with van der Waals surface area (Å²) in [5.74, 6) is -0.464. The topological polar surface area (TPSA) is 37.3 Å². The highest BCUT2D eigenvalue weighted by molar-refractivity contribution is 5.81. The van der Waals surface area contributed by atoms with Crippen molar-refractivity contribution in [3.05, 3.63) is 35.9 Å². The Kier molecular flexibility index (Phi) is 6.77. The molecule has 20 heavy (non-hydrogen) atoms. The molecule has 0 aliphatic carbocycles. The molecule has 2 atom stereocenters. The third kappa shape index (κ3) is 3.41. The molecule has 0 spiro atoms. The van der Waals surface area contributed by atoms with Gasteiger partial charge in [-0.2, -0.15) is 0 Å². The summed E-state index contributed by atoms with van der Waals surface area (Å²) < 4.78 is 0. The van der Waals surface area contributed by atoms with Crippen molar-refractivity contribution in [3.8, 4) is 0 Å². The lowest BCUT2D eigenvalue weighted by molar-refractivity contribution is -0.146. The lowest BCUT2D eigenvalue weighted by atomic mass is 9.65. The standard InChI is InChI=1S/C18H28O2/c1-4-7-9-12-15(5-2)18(6-3,17(19)20)16-13-10-8-11-14-16/h8,10-11,13-15H,4-7,9,12H2,1-3H3,(H,19,20). The van der Waals surface area contributed by atoms with Crippen LogP contribution in [0.5, 0.6) is 0 Å². The molecule has 0 aliphatic heterocycles. The molecule has 0 saturated carbocycles. The van der Waals surface area contributed by atoms with Crippen molar-refractivity contribution in [2.75, 3.05) is 0 Å². The van der Waals surface area contributed by atoms with Crippen molar-refractivity contribution < 1.29 is 9.90 Å². The number of rotatable bonds is 9. The Bertz CT molecular complexity index is 399. The Morgan fingerprint density at radius 3 is 2.25 bits per heavy atom. The Balaban J connectivity index is 3.12. The molecule has 1 N–H and O–H groups in total. The van der Waals surface area contributed by atoms with Crippen molar-refractivity contribution in [3.63, 3.8) is 0 Å². The number of carboxylic acid groups (broad SMARTS) is 1. The van der Waals surface area contributed by atoms with Gasteiger partial charge in [-0.1, -0.05) is 76.8 Å². The summed E-state index contributed by atoms with van der Waals surface area (Å²) in [6.45, 7) is 6.30. The zero-order chi connectivity index (χ0) is 15.0. The molecule has 1 rings (SSSR count). The molecular formula is C18H28O2. The maximum atomic E-state index is 12.1.